The molecular weight excluding hydrogens is 631 g/mol. The van der Waals surface area contributed by atoms with E-state index < -0.39 is 111 Å². The van der Waals surface area contributed by atoms with Crippen LogP contribution in [-0.4, -0.2) is 125 Å². The minimum atomic E-state index is -5.53. The number of carboxylic acids is 1. The summed E-state index contributed by atoms with van der Waals surface area (Å²) in [4.78, 5) is 62.8. The third-order valence-corrected chi connectivity index (χ3v) is 7.99. The lowest BCUT2D eigenvalue weighted by molar-refractivity contribution is -0.276. The van der Waals surface area contributed by atoms with Gasteiger partial charge in [-0.15, -0.1) is 0 Å². The number of ether oxygens (including phenoxy) is 2. The fraction of sp³-hybridized carbons (Fsp3) is 0.696. The van der Waals surface area contributed by atoms with Crippen LogP contribution in [0.5, 0.6) is 0 Å². The Morgan fingerprint density at radius 2 is 1.91 bits per heavy atom. The summed E-state index contributed by atoms with van der Waals surface area (Å²) in [7, 11) is -5.53. The summed E-state index contributed by atoms with van der Waals surface area (Å²) in [5.41, 5.74) is 10.1. The monoisotopic (exact) mass is 668 g/mol. The summed E-state index contributed by atoms with van der Waals surface area (Å²) in [6.45, 7) is 2.54. The summed E-state index contributed by atoms with van der Waals surface area (Å²) in [6, 6.07) is -2.94. The summed E-state index contributed by atoms with van der Waals surface area (Å²) in [5, 5.41) is 56.8. The zero-order valence-corrected chi connectivity index (χ0v) is 25.1. The number of aromatic nitrogens is 2. The first-order chi connectivity index (χ1) is 20.8. The van der Waals surface area contributed by atoms with Crippen LogP contribution in [0.1, 0.15) is 33.4 Å². The molecule has 2 fully saturated rings. The van der Waals surface area contributed by atoms with E-state index in [1.807, 2.05) is 0 Å². The first-order valence-electron chi connectivity index (χ1n) is 13.4. The highest BCUT2D eigenvalue weighted by Gasteiger charge is 2.59. The summed E-state index contributed by atoms with van der Waals surface area (Å²) in [5.74, 6) is -6.90. The predicted octanol–water partition coefficient (Wildman–Crippen LogP) is -4.77. The molecule has 12 atom stereocenters. The lowest BCUT2D eigenvalue weighted by atomic mass is 9.87. The fourth-order valence-corrected chi connectivity index (χ4v) is 5.73. The van der Waals surface area contributed by atoms with Gasteiger partial charge in [-0.2, -0.15) is 4.98 Å². The lowest BCUT2D eigenvalue weighted by Gasteiger charge is -2.47. The molecule has 45 heavy (non-hydrogen) atoms. The van der Waals surface area contributed by atoms with E-state index in [9.17, 15) is 54.2 Å². The van der Waals surface area contributed by atoms with Gasteiger partial charge in [0.25, 0.3) is 5.79 Å². The maximum Gasteiger partial charge on any atom is 0.475 e. The van der Waals surface area contributed by atoms with E-state index in [0.29, 0.717) is 0 Å². The molecule has 0 aromatic carbocycles. The van der Waals surface area contributed by atoms with Crippen molar-refractivity contribution in [2.75, 3.05) is 12.3 Å². The second-order valence-electron chi connectivity index (χ2n) is 10.6. The molecule has 1 aromatic rings. The van der Waals surface area contributed by atoms with Gasteiger partial charge in [0, 0.05) is 19.5 Å². The van der Waals surface area contributed by atoms with Gasteiger partial charge < -0.3 is 62.0 Å². The van der Waals surface area contributed by atoms with Gasteiger partial charge in [-0.1, -0.05) is 0 Å². The van der Waals surface area contributed by atoms with Crippen molar-refractivity contribution in [3.05, 3.63) is 22.7 Å². The number of carbonyl (C=O) groups is 3. The minimum absolute atomic E-state index is 0.133. The Bertz CT molecular complexity index is 1360. The number of hydrogen-bond donors (Lipinski definition) is 10. The van der Waals surface area contributed by atoms with E-state index in [-0.39, 0.29) is 5.82 Å². The summed E-state index contributed by atoms with van der Waals surface area (Å²) in [6.07, 6.45) is -11.7. The number of nitrogens with two attached hydrogens (primary N) is 2. The second kappa shape index (κ2) is 14.1. The molecule has 21 nitrogen and oxygen atoms in total. The van der Waals surface area contributed by atoms with Gasteiger partial charge in [0.1, 0.15) is 30.2 Å². The zero-order chi connectivity index (χ0) is 34.0. The predicted molar refractivity (Wildman–Crippen MR) is 146 cm³/mol. The molecule has 254 valence electrons. The van der Waals surface area contributed by atoms with Crippen LogP contribution in [0.2, 0.25) is 0 Å². The van der Waals surface area contributed by atoms with Gasteiger partial charge in [-0.05, 0) is 19.9 Å². The second-order valence-corrected chi connectivity index (χ2v) is 12.0. The average molecular weight is 669 g/mol. The van der Waals surface area contributed by atoms with Crippen molar-refractivity contribution in [3.8, 4) is 0 Å². The van der Waals surface area contributed by atoms with E-state index in [2.05, 4.69) is 15.6 Å². The molecule has 2 amide bonds. The average Bonchev–Trinajstić information content (AvgIpc) is 3.19. The van der Waals surface area contributed by atoms with Crippen molar-refractivity contribution in [1.82, 2.24) is 20.2 Å². The van der Waals surface area contributed by atoms with Crippen molar-refractivity contribution in [2.45, 2.75) is 94.0 Å². The normalized spacial score (nSPS) is 33.4. The highest BCUT2D eigenvalue weighted by Crippen LogP contribution is 2.51. The SMILES string of the molecule is CC(=O)N[C@H]1[C@H]([C@H](NC(=O)[C@@H](C)N)[C@@H](C)O)O[C@](OP(=O)(O)OC[C@H]2O[C@@H](n3ccc(N)nc3=O)[C@H](O)[C@@H]2O)(C(=O)O)C[C@@H]1O. The minimum Gasteiger partial charge on any atom is -0.477 e. The van der Waals surface area contributed by atoms with Crippen molar-refractivity contribution < 1.29 is 67.9 Å². The number of nitrogens with zero attached hydrogens (tertiary/aromatic N) is 2. The Labute approximate surface area is 254 Å². The van der Waals surface area contributed by atoms with E-state index >= 15 is 0 Å². The van der Waals surface area contributed by atoms with Crippen LogP contribution in [0.4, 0.5) is 5.82 Å². The number of amides is 2. The number of hydrogen-bond acceptors (Lipinski definition) is 16. The van der Waals surface area contributed by atoms with Crippen LogP contribution >= 0.6 is 7.82 Å². The third-order valence-electron chi connectivity index (χ3n) is 6.99. The number of aliphatic hydroxyl groups is 4. The quantitative estimate of drug-likeness (QED) is 0.0934. The number of nitrogen functional groups attached to an aromatic ring is 1. The number of aliphatic hydroxyl groups excluding tert-OH is 4. The summed E-state index contributed by atoms with van der Waals surface area (Å²) >= 11 is 0. The molecule has 12 N–H and O–H groups in total. The highest BCUT2D eigenvalue weighted by atomic mass is 31.2. The van der Waals surface area contributed by atoms with Crippen molar-refractivity contribution in [1.29, 1.82) is 0 Å². The van der Waals surface area contributed by atoms with Crippen LogP contribution < -0.4 is 27.8 Å². The molecule has 1 aromatic heterocycles. The molecule has 0 bridgehead atoms. The number of carboxylic acid groups (broad SMARTS) is 1. The Kier molecular flexibility index (Phi) is 11.4. The molecule has 2 saturated heterocycles. The van der Waals surface area contributed by atoms with E-state index in [0.717, 1.165) is 17.7 Å². The number of rotatable bonds is 12. The highest BCUT2D eigenvalue weighted by molar-refractivity contribution is 7.47. The first-order valence-corrected chi connectivity index (χ1v) is 14.9. The fourth-order valence-electron chi connectivity index (χ4n) is 4.78. The van der Waals surface area contributed by atoms with Crippen LogP contribution in [0.3, 0.4) is 0 Å². The Balaban J connectivity index is 1.85. The van der Waals surface area contributed by atoms with Crippen LogP contribution in [-0.2, 0) is 37.5 Å². The molecule has 2 aliphatic heterocycles. The Morgan fingerprint density at radius 3 is 2.44 bits per heavy atom. The number of anilines is 1. The third kappa shape index (κ3) is 8.40. The number of aliphatic carboxylic acids is 1. The largest absolute Gasteiger partial charge is 0.477 e. The molecule has 0 radical (unpaired) electrons. The van der Waals surface area contributed by atoms with Crippen molar-refractivity contribution in [3.63, 3.8) is 0 Å². The number of carbonyl (C=O) groups excluding carboxylic acids is 2. The molecule has 0 spiro atoms. The number of phosphoric ester groups is 1. The van der Waals surface area contributed by atoms with E-state index in [1.54, 1.807) is 0 Å². The maximum absolute atomic E-state index is 13.0. The number of phosphoric acid groups is 1. The standard InChI is InChI=1S/C23H37N6O15P/c1-8(24)19(35)28-14(9(2)30)18-15(26-10(3)31)11(32)6-23(43-18,21(36)37)44-45(39,40)41-7-12-16(33)17(34)20(42-12)29-5-4-13(25)27-22(29)38/h4-5,8-9,11-12,14-18,20,30,32-34H,6-7,24H2,1-3H3,(H,26,31)(H,28,35)(H,36,37)(H,39,40)(H2,25,27,38)/t8-,9-,11+,12-,14-,15-,16-,17-,18+,20-,23-/m1/s1. The molecule has 3 heterocycles. The van der Waals surface area contributed by atoms with Gasteiger partial charge in [0.05, 0.1) is 36.9 Å². The van der Waals surface area contributed by atoms with E-state index in [1.165, 1.54) is 19.9 Å². The lowest BCUT2D eigenvalue weighted by Crippen LogP contribution is -2.70. The smallest absolute Gasteiger partial charge is 0.475 e. The molecular formula is C23H37N6O15P. The molecule has 0 aliphatic carbocycles. The van der Waals surface area contributed by atoms with Gasteiger partial charge in [0.15, 0.2) is 6.23 Å². The number of nitrogens with one attached hydrogen (secondary N) is 2. The molecule has 22 heteroatoms. The van der Waals surface area contributed by atoms with Gasteiger partial charge in [0.2, 0.25) is 11.8 Å². The zero-order valence-electron chi connectivity index (χ0n) is 24.2. The Hall–Kier alpha value is -3.08. The molecule has 0 saturated carbocycles. The van der Waals surface area contributed by atoms with Gasteiger partial charge in [-0.25, -0.2) is 18.7 Å². The first kappa shape index (κ1) is 36.4. The van der Waals surface area contributed by atoms with Crippen LogP contribution in [0.25, 0.3) is 0 Å². The molecule has 1 unspecified atom stereocenters. The summed E-state index contributed by atoms with van der Waals surface area (Å²) < 4.78 is 34.6. The van der Waals surface area contributed by atoms with E-state index in [4.69, 9.17) is 30.0 Å². The molecule has 3 rings (SSSR count). The van der Waals surface area contributed by atoms with Gasteiger partial charge in [-0.3, -0.25) is 18.7 Å². The van der Waals surface area contributed by atoms with Crippen LogP contribution in [0, 0.1) is 0 Å². The van der Waals surface area contributed by atoms with Gasteiger partial charge >= 0.3 is 19.5 Å². The Morgan fingerprint density at radius 1 is 1.27 bits per heavy atom. The van der Waals surface area contributed by atoms with Crippen molar-refractivity contribution >= 4 is 31.4 Å². The maximum atomic E-state index is 13.0. The van der Waals surface area contributed by atoms with Crippen LogP contribution in [0.15, 0.2) is 17.1 Å². The van der Waals surface area contributed by atoms with Crippen molar-refractivity contribution in [2.24, 2.45) is 5.73 Å². The topological polar surface area (TPSA) is 338 Å². The molecule has 2 aliphatic rings.